The van der Waals surface area contributed by atoms with Gasteiger partial charge in [0.2, 0.25) is 0 Å². The highest BCUT2D eigenvalue weighted by Gasteiger charge is 2.33. The van der Waals surface area contributed by atoms with E-state index in [1.807, 2.05) is 31.2 Å². The maximum atomic E-state index is 12.9. The fourth-order valence-corrected chi connectivity index (χ4v) is 1.85. The van der Waals surface area contributed by atoms with Crippen LogP contribution < -0.4 is 11.1 Å². The van der Waals surface area contributed by atoms with Gasteiger partial charge >= 0.3 is 6.18 Å². The average Bonchev–Trinajstić information content (AvgIpc) is 2.38. The van der Waals surface area contributed by atoms with Crippen LogP contribution in [0.1, 0.15) is 16.7 Å². The van der Waals surface area contributed by atoms with E-state index in [0.29, 0.717) is 6.54 Å². The number of nitrogens with one attached hydrogen (secondary N) is 1. The minimum Gasteiger partial charge on any atom is -0.399 e. The lowest BCUT2D eigenvalue weighted by atomic mass is 10.1. The zero-order valence-electron chi connectivity index (χ0n) is 11.0. The third kappa shape index (κ3) is 3.44. The Kier molecular flexibility index (Phi) is 3.88. The van der Waals surface area contributed by atoms with Gasteiger partial charge in [0.05, 0.1) is 5.56 Å². The Hall–Kier alpha value is -2.17. The molecule has 0 unspecified atom stereocenters. The van der Waals surface area contributed by atoms with Crippen molar-refractivity contribution < 1.29 is 13.2 Å². The Balaban J connectivity index is 2.19. The summed E-state index contributed by atoms with van der Waals surface area (Å²) in [6.45, 7) is 2.28. The summed E-state index contributed by atoms with van der Waals surface area (Å²) in [6, 6.07) is 11.4. The van der Waals surface area contributed by atoms with Gasteiger partial charge in [-0.3, -0.25) is 0 Å². The summed E-state index contributed by atoms with van der Waals surface area (Å²) in [6.07, 6.45) is -4.43. The Morgan fingerprint density at radius 2 is 1.70 bits per heavy atom. The first-order valence-electron chi connectivity index (χ1n) is 6.12. The van der Waals surface area contributed by atoms with Gasteiger partial charge in [-0.25, -0.2) is 0 Å². The van der Waals surface area contributed by atoms with Crippen LogP contribution in [0.25, 0.3) is 0 Å². The minimum atomic E-state index is -4.43. The monoisotopic (exact) mass is 280 g/mol. The molecular formula is C15H15F3N2. The van der Waals surface area contributed by atoms with E-state index < -0.39 is 11.7 Å². The molecule has 2 rings (SSSR count). The summed E-state index contributed by atoms with van der Waals surface area (Å²) in [7, 11) is 0. The minimum absolute atomic E-state index is 0.0345. The SMILES string of the molecule is Cc1ccc(CNc2ccc(N)cc2C(F)(F)F)cc1. The lowest BCUT2D eigenvalue weighted by Gasteiger charge is -2.15. The zero-order valence-corrected chi connectivity index (χ0v) is 11.0. The fraction of sp³-hybridized carbons (Fsp3) is 0.200. The van der Waals surface area contributed by atoms with Gasteiger partial charge in [0.25, 0.3) is 0 Å². The predicted octanol–water partition coefficient (Wildman–Crippen LogP) is 4.21. The molecular weight excluding hydrogens is 265 g/mol. The molecule has 0 bridgehead atoms. The van der Waals surface area contributed by atoms with Crippen molar-refractivity contribution in [1.82, 2.24) is 0 Å². The van der Waals surface area contributed by atoms with Crippen molar-refractivity contribution in [1.29, 1.82) is 0 Å². The molecule has 5 heteroatoms. The molecule has 0 spiro atoms. The second kappa shape index (κ2) is 5.45. The van der Waals surface area contributed by atoms with Crippen LogP contribution in [-0.2, 0) is 12.7 Å². The topological polar surface area (TPSA) is 38.0 Å². The molecule has 0 saturated heterocycles. The van der Waals surface area contributed by atoms with E-state index in [-0.39, 0.29) is 11.4 Å². The second-order valence-electron chi connectivity index (χ2n) is 4.64. The maximum absolute atomic E-state index is 12.9. The third-order valence-corrected chi connectivity index (χ3v) is 2.95. The van der Waals surface area contributed by atoms with E-state index in [1.54, 1.807) is 0 Å². The first-order chi connectivity index (χ1) is 9.36. The van der Waals surface area contributed by atoms with Crippen LogP contribution in [0.3, 0.4) is 0 Å². The molecule has 0 atom stereocenters. The predicted molar refractivity (Wildman–Crippen MR) is 74.4 cm³/mol. The molecule has 0 aliphatic heterocycles. The van der Waals surface area contributed by atoms with Gasteiger partial charge in [0.1, 0.15) is 0 Å². The van der Waals surface area contributed by atoms with Gasteiger partial charge in [-0.2, -0.15) is 13.2 Å². The number of hydrogen-bond donors (Lipinski definition) is 2. The van der Waals surface area contributed by atoms with Gasteiger partial charge in [-0.15, -0.1) is 0 Å². The largest absolute Gasteiger partial charge is 0.418 e. The molecule has 0 fully saturated rings. The number of alkyl halides is 3. The molecule has 0 amide bonds. The van der Waals surface area contributed by atoms with Crippen molar-refractivity contribution in [2.45, 2.75) is 19.6 Å². The van der Waals surface area contributed by atoms with Gasteiger partial charge < -0.3 is 11.1 Å². The summed E-state index contributed by atoms with van der Waals surface area (Å²) in [5.41, 5.74) is 6.83. The Labute approximate surface area is 115 Å². The quantitative estimate of drug-likeness (QED) is 0.827. The molecule has 2 aromatic rings. The molecule has 3 N–H and O–H groups in total. The summed E-state index contributed by atoms with van der Waals surface area (Å²) >= 11 is 0. The highest BCUT2D eigenvalue weighted by atomic mass is 19.4. The number of halogens is 3. The summed E-state index contributed by atoms with van der Waals surface area (Å²) in [4.78, 5) is 0. The lowest BCUT2D eigenvalue weighted by molar-refractivity contribution is -0.136. The van der Waals surface area contributed by atoms with E-state index in [2.05, 4.69) is 5.32 Å². The molecule has 2 aromatic carbocycles. The van der Waals surface area contributed by atoms with Crippen molar-refractivity contribution in [2.24, 2.45) is 0 Å². The van der Waals surface area contributed by atoms with E-state index >= 15 is 0 Å². The van der Waals surface area contributed by atoms with Crippen LogP contribution >= 0.6 is 0 Å². The molecule has 0 aliphatic carbocycles. The number of aryl methyl sites for hydroxylation is 1. The molecule has 0 saturated carbocycles. The number of hydrogen-bond acceptors (Lipinski definition) is 2. The second-order valence-corrected chi connectivity index (χ2v) is 4.64. The first kappa shape index (κ1) is 14.2. The maximum Gasteiger partial charge on any atom is 0.418 e. The number of rotatable bonds is 3. The zero-order chi connectivity index (χ0) is 14.8. The Morgan fingerprint density at radius 3 is 2.30 bits per heavy atom. The summed E-state index contributed by atoms with van der Waals surface area (Å²) < 4.78 is 38.7. The first-order valence-corrected chi connectivity index (χ1v) is 6.12. The number of nitrogens with two attached hydrogens (primary N) is 1. The van der Waals surface area contributed by atoms with Crippen molar-refractivity contribution in [3.63, 3.8) is 0 Å². The van der Waals surface area contributed by atoms with Crippen LogP contribution in [0.5, 0.6) is 0 Å². The number of benzene rings is 2. The fourth-order valence-electron chi connectivity index (χ4n) is 1.85. The highest BCUT2D eigenvalue weighted by Crippen LogP contribution is 2.36. The number of nitrogen functional groups attached to an aromatic ring is 1. The Morgan fingerprint density at radius 1 is 1.05 bits per heavy atom. The standard InChI is InChI=1S/C15H15F3N2/c1-10-2-4-11(5-3-10)9-20-14-7-6-12(19)8-13(14)15(16,17)18/h2-8,20H,9,19H2,1H3. The lowest BCUT2D eigenvalue weighted by Crippen LogP contribution is -2.11. The highest BCUT2D eigenvalue weighted by molar-refractivity contribution is 5.59. The van der Waals surface area contributed by atoms with Crippen molar-refractivity contribution >= 4 is 11.4 Å². The normalized spacial score (nSPS) is 11.4. The van der Waals surface area contributed by atoms with Crippen molar-refractivity contribution in [2.75, 3.05) is 11.1 Å². The number of anilines is 2. The molecule has 0 radical (unpaired) electrons. The van der Waals surface area contributed by atoms with Crippen LogP contribution in [0, 0.1) is 6.92 Å². The van der Waals surface area contributed by atoms with Crippen LogP contribution in [-0.4, -0.2) is 0 Å². The van der Waals surface area contributed by atoms with Gasteiger partial charge in [-0.1, -0.05) is 29.8 Å². The van der Waals surface area contributed by atoms with Crippen LogP contribution in [0.2, 0.25) is 0 Å². The van der Waals surface area contributed by atoms with Gasteiger partial charge in [-0.05, 0) is 30.7 Å². The van der Waals surface area contributed by atoms with Gasteiger partial charge in [0.15, 0.2) is 0 Å². The molecule has 2 nitrogen and oxygen atoms in total. The smallest absolute Gasteiger partial charge is 0.399 e. The molecule has 20 heavy (non-hydrogen) atoms. The van der Waals surface area contributed by atoms with Crippen molar-refractivity contribution in [3.05, 3.63) is 59.2 Å². The van der Waals surface area contributed by atoms with E-state index in [9.17, 15) is 13.2 Å². The van der Waals surface area contributed by atoms with E-state index in [4.69, 9.17) is 5.73 Å². The summed E-state index contributed by atoms with van der Waals surface area (Å²) in [5.74, 6) is 0. The van der Waals surface area contributed by atoms with Crippen LogP contribution in [0.4, 0.5) is 24.5 Å². The van der Waals surface area contributed by atoms with E-state index in [0.717, 1.165) is 17.2 Å². The van der Waals surface area contributed by atoms with E-state index in [1.165, 1.54) is 12.1 Å². The summed E-state index contributed by atoms with van der Waals surface area (Å²) in [5, 5.41) is 2.81. The average molecular weight is 280 g/mol. The molecule has 0 aromatic heterocycles. The van der Waals surface area contributed by atoms with Gasteiger partial charge in [0, 0.05) is 17.9 Å². The Bertz CT molecular complexity index is 589. The van der Waals surface area contributed by atoms with Crippen molar-refractivity contribution in [3.8, 4) is 0 Å². The third-order valence-electron chi connectivity index (χ3n) is 2.95. The van der Waals surface area contributed by atoms with Crippen LogP contribution in [0.15, 0.2) is 42.5 Å². The molecule has 106 valence electrons. The molecule has 0 heterocycles. The molecule has 0 aliphatic rings.